The van der Waals surface area contributed by atoms with E-state index in [1.54, 1.807) is 6.21 Å². The Bertz CT molecular complexity index is 382. The van der Waals surface area contributed by atoms with Crippen molar-refractivity contribution >= 4 is 11.9 Å². The maximum atomic E-state index is 5.62. The Kier molecular flexibility index (Phi) is 3.15. The van der Waals surface area contributed by atoms with Gasteiger partial charge in [0.25, 0.3) is 0 Å². The first kappa shape index (κ1) is 9.93. The minimum atomic E-state index is 0.742. The Balaban J connectivity index is 2.20. The molecule has 1 aliphatic rings. The largest absolute Gasteiger partial charge is 0.486 e. The predicted molar refractivity (Wildman–Crippen MR) is 60.0 cm³/mol. The summed E-state index contributed by atoms with van der Waals surface area (Å²) < 4.78 is 5.62. The molecule has 0 unspecified atom stereocenters. The number of rotatable bonds is 4. The van der Waals surface area contributed by atoms with Gasteiger partial charge < -0.3 is 4.74 Å². The lowest BCUT2D eigenvalue weighted by molar-refractivity contribution is -0.565. The smallest absolute Gasteiger partial charge is 0.207 e. The molecule has 1 aromatic rings. The lowest BCUT2D eigenvalue weighted by Crippen LogP contribution is -2.73. The van der Waals surface area contributed by atoms with Crippen LogP contribution in [-0.4, -0.2) is 12.8 Å². The van der Waals surface area contributed by atoms with Crippen molar-refractivity contribution in [1.29, 1.82) is 0 Å². The van der Waals surface area contributed by atoms with Crippen LogP contribution in [0.4, 0.5) is 0 Å². The molecule has 2 rings (SSSR count). The highest BCUT2D eigenvalue weighted by Crippen LogP contribution is 2.14. The summed E-state index contributed by atoms with van der Waals surface area (Å²) in [6, 6.07) is 10.2. The van der Waals surface area contributed by atoms with Gasteiger partial charge in [-0.3, -0.25) is 0 Å². The molecule has 3 heteroatoms. The molecule has 0 bridgehead atoms. The van der Waals surface area contributed by atoms with Gasteiger partial charge in [0.1, 0.15) is 6.21 Å². The van der Waals surface area contributed by atoms with Crippen molar-refractivity contribution in [3.8, 4) is 0 Å². The van der Waals surface area contributed by atoms with Gasteiger partial charge in [-0.25, -0.2) is 0 Å². The second kappa shape index (κ2) is 4.75. The molecule has 1 aromatic carbocycles. The Morgan fingerprint density at radius 3 is 2.80 bits per heavy atom. The van der Waals surface area contributed by atoms with E-state index in [-0.39, 0.29) is 0 Å². The first-order chi connectivity index (χ1) is 7.42. The lowest BCUT2D eigenvalue weighted by Gasteiger charge is -2.03. The van der Waals surface area contributed by atoms with Crippen LogP contribution in [0.2, 0.25) is 0 Å². The Labute approximate surface area is 89.5 Å². The first-order valence-corrected chi connectivity index (χ1v) is 5.20. The van der Waals surface area contributed by atoms with Crippen LogP contribution >= 0.6 is 0 Å². The van der Waals surface area contributed by atoms with Gasteiger partial charge in [0.2, 0.25) is 11.5 Å². The maximum Gasteiger partial charge on any atom is 0.207 e. The van der Waals surface area contributed by atoms with Crippen molar-refractivity contribution in [2.45, 2.75) is 13.3 Å². The van der Waals surface area contributed by atoms with Crippen molar-refractivity contribution in [3.05, 3.63) is 41.7 Å². The van der Waals surface area contributed by atoms with Gasteiger partial charge in [-0.1, -0.05) is 30.2 Å². The van der Waals surface area contributed by atoms with Crippen molar-refractivity contribution < 1.29 is 10.2 Å². The molecule has 0 saturated heterocycles. The fraction of sp³-hybridized carbons (Fsp3) is 0.250. The second-order valence-corrected chi connectivity index (χ2v) is 3.40. The van der Waals surface area contributed by atoms with Crippen LogP contribution in [0, 0.1) is 0 Å². The number of hydrogen-bond donors (Lipinski definition) is 1. The van der Waals surface area contributed by atoms with Gasteiger partial charge in [-0.2, -0.15) is 5.43 Å². The number of hydrogen-bond acceptors (Lipinski definition) is 2. The van der Waals surface area contributed by atoms with Crippen LogP contribution in [0.25, 0.3) is 5.70 Å². The van der Waals surface area contributed by atoms with Crippen molar-refractivity contribution in [2.24, 2.45) is 5.10 Å². The summed E-state index contributed by atoms with van der Waals surface area (Å²) in [4.78, 5) is 0. The summed E-state index contributed by atoms with van der Waals surface area (Å²) in [5.41, 5.74) is 4.07. The van der Waals surface area contributed by atoms with Gasteiger partial charge >= 0.3 is 0 Å². The number of benzene rings is 1. The monoisotopic (exact) mass is 203 g/mol. The summed E-state index contributed by atoms with van der Waals surface area (Å²) in [5.74, 6) is 0.878. The third-order valence-corrected chi connectivity index (χ3v) is 2.21. The topological polar surface area (TPSA) is 38.2 Å². The van der Waals surface area contributed by atoms with Crippen molar-refractivity contribution in [1.82, 2.24) is 0 Å². The lowest BCUT2D eigenvalue weighted by atomic mass is 10.1. The Morgan fingerprint density at radius 2 is 2.07 bits per heavy atom. The maximum absolute atomic E-state index is 5.62. The van der Waals surface area contributed by atoms with E-state index in [1.807, 2.05) is 23.6 Å². The van der Waals surface area contributed by atoms with Crippen LogP contribution in [0.3, 0.4) is 0 Å². The fourth-order valence-corrected chi connectivity index (χ4v) is 1.47. The molecule has 3 nitrogen and oxygen atoms in total. The molecular weight excluding hydrogens is 188 g/mol. The van der Waals surface area contributed by atoms with Gasteiger partial charge in [0.15, 0.2) is 0 Å². The molecule has 0 atom stereocenters. The average Bonchev–Trinajstić information content (AvgIpc) is 2.75. The van der Waals surface area contributed by atoms with Crippen LogP contribution < -0.4 is 5.43 Å². The van der Waals surface area contributed by atoms with Crippen LogP contribution in [0.1, 0.15) is 18.9 Å². The number of nitrogens with zero attached hydrogens (tertiary/aromatic N) is 1. The normalized spacial score (nSPS) is 14.7. The summed E-state index contributed by atoms with van der Waals surface area (Å²) >= 11 is 0. The third-order valence-electron chi connectivity index (χ3n) is 2.21. The van der Waals surface area contributed by atoms with E-state index in [1.165, 1.54) is 0 Å². The molecule has 0 aliphatic carbocycles. The van der Waals surface area contributed by atoms with Gasteiger partial charge in [-0.05, 0) is 18.6 Å². The van der Waals surface area contributed by atoms with E-state index < -0.39 is 0 Å². The number of quaternary nitrogens is 1. The highest BCUT2D eigenvalue weighted by Gasteiger charge is 2.18. The second-order valence-electron chi connectivity index (χ2n) is 3.40. The van der Waals surface area contributed by atoms with E-state index in [2.05, 4.69) is 24.2 Å². The standard InChI is InChI=1S/C12H14N2O/c1-2-8-15-11-9-13-14-12(11)10-6-4-3-5-7-10/h3-7,9H,2,8H2,1H3,(H,13,14)/p+1. The SMILES string of the molecule is CCCOC1=C(c2ccccc2)[NH2+]N=C1. The third kappa shape index (κ3) is 2.25. The molecule has 1 aliphatic heterocycles. The molecule has 0 saturated carbocycles. The number of allylic oxidation sites excluding steroid dienone is 1. The minimum absolute atomic E-state index is 0.742. The summed E-state index contributed by atoms with van der Waals surface area (Å²) in [6.07, 6.45) is 2.79. The molecule has 78 valence electrons. The molecule has 15 heavy (non-hydrogen) atoms. The van der Waals surface area contributed by atoms with Crippen LogP contribution in [0.5, 0.6) is 0 Å². The van der Waals surface area contributed by atoms with E-state index >= 15 is 0 Å². The number of ether oxygens (including phenoxy) is 1. The van der Waals surface area contributed by atoms with Crippen LogP contribution in [-0.2, 0) is 4.74 Å². The molecule has 0 amide bonds. The van der Waals surface area contributed by atoms with Gasteiger partial charge in [0.05, 0.1) is 6.61 Å². The van der Waals surface area contributed by atoms with Crippen molar-refractivity contribution in [2.75, 3.05) is 6.61 Å². The average molecular weight is 203 g/mol. The summed E-state index contributed by atoms with van der Waals surface area (Å²) in [5, 5.41) is 4.13. The zero-order chi connectivity index (χ0) is 10.5. The molecule has 2 N–H and O–H groups in total. The van der Waals surface area contributed by atoms with Crippen LogP contribution in [0.15, 0.2) is 41.2 Å². The number of nitrogens with two attached hydrogens (primary N) is 1. The van der Waals surface area contributed by atoms with Crippen molar-refractivity contribution in [3.63, 3.8) is 0 Å². The predicted octanol–water partition coefficient (Wildman–Crippen LogP) is 1.34. The zero-order valence-electron chi connectivity index (χ0n) is 8.81. The zero-order valence-corrected chi connectivity index (χ0v) is 8.81. The molecular formula is C12H15N2O+. The van der Waals surface area contributed by atoms with E-state index in [0.717, 1.165) is 30.0 Å². The highest BCUT2D eigenvalue weighted by atomic mass is 16.5. The molecule has 1 heterocycles. The summed E-state index contributed by atoms with van der Waals surface area (Å²) in [6.45, 7) is 2.84. The minimum Gasteiger partial charge on any atom is -0.486 e. The highest BCUT2D eigenvalue weighted by molar-refractivity contribution is 5.87. The van der Waals surface area contributed by atoms with E-state index in [9.17, 15) is 0 Å². The molecule has 0 spiro atoms. The molecule has 0 aromatic heterocycles. The quantitative estimate of drug-likeness (QED) is 0.737. The van der Waals surface area contributed by atoms with E-state index in [4.69, 9.17) is 4.74 Å². The summed E-state index contributed by atoms with van der Waals surface area (Å²) in [7, 11) is 0. The molecule has 0 radical (unpaired) electrons. The molecule has 0 fully saturated rings. The Morgan fingerprint density at radius 1 is 1.27 bits per heavy atom. The fourth-order valence-electron chi connectivity index (χ4n) is 1.47. The van der Waals surface area contributed by atoms with Gasteiger partial charge in [0, 0.05) is 5.56 Å². The Hall–Kier alpha value is -1.61. The van der Waals surface area contributed by atoms with E-state index in [0.29, 0.717) is 0 Å². The first-order valence-electron chi connectivity index (χ1n) is 5.20. The van der Waals surface area contributed by atoms with Gasteiger partial charge in [-0.15, -0.1) is 0 Å².